The van der Waals surface area contributed by atoms with E-state index in [0.29, 0.717) is 11.4 Å². The summed E-state index contributed by atoms with van der Waals surface area (Å²) in [6, 6.07) is 25.1. The van der Waals surface area contributed by atoms with E-state index in [-0.39, 0.29) is 10.9 Å². The van der Waals surface area contributed by atoms with Crippen molar-refractivity contribution in [1.82, 2.24) is 4.72 Å². The van der Waals surface area contributed by atoms with Gasteiger partial charge in [-0.15, -0.1) is 0 Å². The smallest absolute Gasteiger partial charge is 0.263 e. The lowest BCUT2D eigenvalue weighted by Gasteiger charge is -2.10. The van der Waals surface area contributed by atoms with Gasteiger partial charge in [0, 0.05) is 5.56 Å². The van der Waals surface area contributed by atoms with Crippen molar-refractivity contribution in [2.24, 2.45) is 4.99 Å². The minimum Gasteiger partial charge on any atom is -0.263 e. The van der Waals surface area contributed by atoms with E-state index >= 15 is 0 Å². The summed E-state index contributed by atoms with van der Waals surface area (Å²) in [5.41, 5.74) is 3.96. The van der Waals surface area contributed by atoms with Gasteiger partial charge in [-0.3, -0.25) is 9.71 Å². The molecule has 1 atom stereocenters. The summed E-state index contributed by atoms with van der Waals surface area (Å²) in [6.07, 6.45) is 0. The number of nitrogens with zero attached hydrogens (tertiary/aromatic N) is 1. The third-order valence-electron chi connectivity index (χ3n) is 4.49. The number of nitrogens with one attached hydrogen (secondary N) is 1. The monoisotopic (exact) mass is 362 g/mol. The maximum Gasteiger partial charge on any atom is 0.263 e. The lowest BCUT2D eigenvalue weighted by molar-refractivity contribution is 0.595. The predicted molar refractivity (Wildman–Crippen MR) is 104 cm³/mol. The predicted octanol–water partition coefficient (Wildman–Crippen LogP) is 4.15. The van der Waals surface area contributed by atoms with Gasteiger partial charge in [-0.2, -0.15) is 0 Å². The molecule has 26 heavy (non-hydrogen) atoms. The number of rotatable bonds is 3. The number of hydrogen-bond acceptors (Lipinski definition) is 3. The first-order chi connectivity index (χ1) is 12.5. The Morgan fingerprint density at radius 3 is 2.15 bits per heavy atom. The van der Waals surface area contributed by atoms with E-state index in [0.717, 1.165) is 16.7 Å². The van der Waals surface area contributed by atoms with E-state index in [1.54, 1.807) is 18.2 Å². The third kappa shape index (κ3) is 3.02. The highest BCUT2D eigenvalue weighted by Crippen LogP contribution is 2.27. The van der Waals surface area contributed by atoms with Crippen LogP contribution in [0.1, 0.15) is 24.1 Å². The van der Waals surface area contributed by atoms with Gasteiger partial charge in [-0.25, -0.2) is 8.42 Å². The molecule has 0 saturated heterocycles. The summed E-state index contributed by atoms with van der Waals surface area (Å²) in [7, 11) is -3.51. The molecule has 0 saturated carbocycles. The van der Waals surface area contributed by atoms with Crippen molar-refractivity contribution in [2.45, 2.75) is 17.9 Å². The van der Waals surface area contributed by atoms with E-state index in [4.69, 9.17) is 0 Å². The van der Waals surface area contributed by atoms with Crippen molar-refractivity contribution in [1.29, 1.82) is 0 Å². The molecule has 0 radical (unpaired) electrons. The molecule has 4 nitrogen and oxygen atoms in total. The van der Waals surface area contributed by atoms with Crippen LogP contribution in [-0.4, -0.2) is 14.3 Å². The van der Waals surface area contributed by atoms with Crippen LogP contribution in [0.4, 0.5) is 0 Å². The van der Waals surface area contributed by atoms with Crippen molar-refractivity contribution in [3.05, 3.63) is 90.0 Å². The van der Waals surface area contributed by atoms with Crippen molar-refractivity contribution in [3.8, 4) is 11.1 Å². The average Bonchev–Trinajstić information content (AvgIpc) is 2.93. The van der Waals surface area contributed by atoms with Crippen molar-refractivity contribution in [3.63, 3.8) is 0 Å². The standard InChI is InChI=1S/C21H18N2O2S/c1-15(16-11-13-18(14-12-16)17-7-3-2-4-8-17)22-21-19-9-5-6-10-20(19)26(24,25)23-21/h2-15H,1H3,(H,22,23)/t15-/m0/s1. The molecular formula is C21H18N2O2S. The SMILES string of the molecule is C[C@H](N=C1NS(=O)(=O)c2ccccc21)c1ccc(-c2ccccc2)cc1. The van der Waals surface area contributed by atoms with Gasteiger partial charge in [0.15, 0.2) is 0 Å². The summed E-state index contributed by atoms with van der Waals surface area (Å²) in [6.45, 7) is 1.96. The molecule has 5 heteroatoms. The Labute approximate surface area is 153 Å². The van der Waals surface area contributed by atoms with Gasteiger partial charge in [0.1, 0.15) is 5.84 Å². The van der Waals surface area contributed by atoms with E-state index in [1.807, 2.05) is 43.3 Å². The topological polar surface area (TPSA) is 58.5 Å². The molecule has 1 N–H and O–H groups in total. The zero-order valence-corrected chi connectivity index (χ0v) is 15.1. The summed E-state index contributed by atoms with van der Waals surface area (Å²) in [5, 5.41) is 0. The molecule has 3 aromatic rings. The van der Waals surface area contributed by atoms with E-state index in [9.17, 15) is 8.42 Å². The van der Waals surface area contributed by atoms with Crippen LogP contribution < -0.4 is 4.72 Å². The van der Waals surface area contributed by atoms with Gasteiger partial charge < -0.3 is 0 Å². The summed E-state index contributed by atoms with van der Waals surface area (Å²) < 4.78 is 26.9. The van der Waals surface area contributed by atoms with Gasteiger partial charge in [0.2, 0.25) is 0 Å². The van der Waals surface area contributed by atoms with Crippen molar-refractivity contribution >= 4 is 15.9 Å². The fraction of sp³-hybridized carbons (Fsp3) is 0.0952. The first-order valence-corrected chi connectivity index (χ1v) is 9.88. The van der Waals surface area contributed by atoms with Gasteiger partial charge in [0.05, 0.1) is 10.9 Å². The highest BCUT2D eigenvalue weighted by molar-refractivity contribution is 7.90. The highest BCUT2D eigenvalue weighted by Gasteiger charge is 2.30. The van der Waals surface area contributed by atoms with Crippen LogP contribution >= 0.6 is 0 Å². The van der Waals surface area contributed by atoms with Crippen LogP contribution in [0.15, 0.2) is 88.8 Å². The van der Waals surface area contributed by atoms with Gasteiger partial charge in [0.25, 0.3) is 10.0 Å². The minimum absolute atomic E-state index is 0.163. The molecule has 0 bridgehead atoms. The summed E-state index contributed by atoms with van der Waals surface area (Å²) in [5.74, 6) is 0.403. The molecule has 4 rings (SSSR count). The van der Waals surface area contributed by atoms with Crippen LogP contribution in [-0.2, 0) is 10.0 Å². The van der Waals surface area contributed by atoms with Gasteiger partial charge in [-0.1, -0.05) is 66.7 Å². The van der Waals surface area contributed by atoms with Crippen LogP contribution in [0.2, 0.25) is 0 Å². The van der Waals surface area contributed by atoms with Crippen molar-refractivity contribution < 1.29 is 8.42 Å². The number of hydrogen-bond donors (Lipinski definition) is 1. The van der Waals surface area contributed by atoms with Gasteiger partial charge >= 0.3 is 0 Å². The molecule has 0 fully saturated rings. The molecule has 0 aromatic heterocycles. The second kappa shape index (κ2) is 6.42. The van der Waals surface area contributed by atoms with E-state index < -0.39 is 10.0 Å². The maximum absolute atomic E-state index is 12.2. The molecule has 3 aromatic carbocycles. The molecule has 1 aliphatic rings. The van der Waals surface area contributed by atoms with Crippen LogP contribution in [0.25, 0.3) is 11.1 Å². The largest absolute Gasteiger partial charge is 0.263 e. The molecule has 1 heterocycles. The Balaban J connectivity index is 1.63. The Morgan fingerprint density at radius 1 is 0.808 bits per heavy atom. The quantitative estimate of drug-likeness (QED) is 0.761. The lowest BCUT2D eigenvalue weighted by atomic mass is 10.0. The van der Waals surface area contributed by atoms with Crippen molar-refractivity contribution in [2.75, 3.05) is 0 Å². The number of amidine groups is 1. The minimum atomic E-state index is -3.51. The van der Waals surface area contributed by atoms with Crippen LogP contribution in [0, 0.1) is 0 Å². The van der Waals surface area contributed by atoms with Crippen LogP contribution in [0.3, 0.4) is 0 Å². The molecule has 130 valence electrons. The second-order valence-corrected chi connectivity index (χ2v) is 7.89. The molecular weight excluding hydrogens is 344 g/mol. The molecule has 0 unspecified atom stereocenters. The summed E-state index contributed by atoms with van der Waals surface area (Å²) >= 11 is 0. The Hall–Kier alpha value is -2.92. The number of benzene rings is 3. The molecule has 0 aliphatic carbocycles. The highest BCUT2D eigenvalue weighted by atomic mass is 32.2. The number of fused-ring (bicyclic) bond motifs is 1. The summed E-state index contributed by atoms with van der Waals surface area (Å²) in [4.78, 5) is 4.89. The fourth-order valence-corrected chi connectivity index (χ4v) is 4.32. The second-order valence-electron chi connectivity index (χ2n) is 6.24. The number of sulfonamides is 1. The molecule has 1 aliphatic heterocycles. The fourth-order valence-electron chi connectivity index (χ4n) is 3.08. The maximum atomic E-state index is 12.2. The Bertz CT molecular complexity index is 1070. The molecule has 0 spiro atoms. The zero-order chi connectivity index (χ0) is 18.1. The normalized spacial score (nSPS) is 17.5. The first kappa shape index (κ1) is 16.5. The Morgan fingerprint density at radius 2 is 1.42 bits per heavy atom. The average molecular weight is 362 g/mol. The van der Waals surface area contributed by atoms with E-state index in [2.05, 4.69) is 34.0 Å². The van der Waals surface area contributed by atoms with Gasteiger partial charge in [-0.05, 0) is 35.7 Å². The van der Waals surface area contributed by atoms with Crippen LogP contribution in [0.5, 0.6) is 0 Å². The Kier molecular flexibility index (Phi) is 4.09. The van der Waals surface area contributed by atoms with E-state index in [1.165, 1.54) is 0 Å². The zero-order valence-electron chi connectivity index (χ0n) is 14.3. The third-order valence-corrected chi connectivity index (χ3v) is 5.88. The molecule has 0 amide bonds. The number of aliphatic imine (C=N–C) groups is 1. The first-order valence-electron chi connectivity index (χ1n) is 8.40. The lowest BCUT2D eigenvalue weighted by Crippen LogP contribution is -2.22.